The number of benzene rings is 3. The molecule has 30 heavy (non-hydrogen) atoms. The van der Waals surface area contributed by atoms with Gasteiger partial charge in [0.2, 0.25) is 0 Å². The molecule has 0 saturated heterocycles. The number of hydrogen-bond donors (Lipinski definition) is 1. The lowest BCUT2D eigenvalue weighted by Gasteiger charge is -2.28. The molecule has 0 heterocycles. The zero-order valence-corrected chi connectivity index (χ0v) is 18.3. The molecule has 1 aliphatic rings. The standard InChI is InChI=1S/C28H30O2/c1-5-6-17-30-24-14-9-21(10-15-24)20-7-11-22(12-8-20)28(4)19-27(2,3)25-16-13-23(29)18-26(25)28/h6-18,29H,5,19H2,1-4H3/b17-6+. The summed E-state index contributed by atoms with van der Waals surface area (Å²) in [4.78, 5) is 0. The van der Waals surface area contributed by atoms with E-state index in [4.69, 9.17) is 4.74 Å². The number of phenolic OH excluding ortho intramolecular Hbond substituents is 1. The molecule has 0 aromatic heterocycles. The van der Waals surface area contributed by atoms with Crippen LogP contribution >= 0.6 is 0 Å². The van der Waals surface area contributed by atoms with Crippen molar-refractivity contribution in [1.82, 2.24) is 0 Å². The predicted molar refractivity (Wildman–Crippen MR) is 124 cm³/mol. The minimum absolute atomic E-state index is 0.0819. The predicted octanol–water partition coefficient (Wildman–Crippen LogP) is 7.35. The fourth-order valence-corrected chi connectivity index (χ4v) is 4.89. The van der Waals surface area contributed by atoms with Crippen LogP contribution in [0, 0.1) is 0 Å². The first kappa shape index (κ1) is 20.3. The Labute approximate surface area is 179 Å². The van der Waals surface area contributed by atoms with Gasteiger partial charge >= 0.3 is 0 Å². The van der Waals surface area contributed by atoms with Gasteiger partial charge in [-0.25, -0.2) is 0 Å². The maximum absolute atomic E-state index is 10.1. The topological polar surface area (TPSA) is 29.5 Å². The Morgan fingerprint density at radius 3 is 2.13 bits per heavy atom. The second-order valence-corrected chi connectivity index (χ2v) is 9.12. The average Bonchev–Trinajstić information content (AvgIpc) is 2.94. The fraction of sp³-hybridized carbons (Fsp3) is 0.286. The minimum Gasteiger partial charge on any atom is -0.508 e. The molecule has 154 valence electrons. The molecule has 3 aromatic rings. The Morgan fingerprint density at radius 1 is 0.867 bits per heavy atom. The molecule has 0 fully saturated rings. The van der Waals surface area contributed by atoms with E-state index in [0.29, 0.717) is 5.75 Å². The lowest BCUT2D eigenvalue weighted by atomic mass is 9.75. The van der Waals surface area contributed by atoms with Gasteiger partial charge in [-0.05, 0) is 76.4 Å². The number of ether oxygens (including phenoxy) is 1. The highest BCUT2D eigenvalue weighted by Crippen LogP contribution is 2.53. The van der Waals surface area contributed by atoms with Gasteiger partial charge in [0.15, 0.2) is 0 Å². The Hall–Kier alpha value is -3.00. The molecule has 0 radical (unpaired) electrons. The van der Waals surface area contributed by atoms with Gasteiger partial charge in [0.05, 0.1) is 6.26 Å². The molecule has 2 nitrogen and oxygen atoms in total. The first-order valence-corrected chi connectivity index (χ1v) is 10.7. The van der Waals surface area contributed by atoms with Gasteiger partial charge in [0.1, 0.15) is 11.5 Å². The Balaban J connectivity index is 1.62. The van der Waals surface area contributed by atoms with E-state index < -0.39 is 0 Å². The largest absolute Gasteiger partial charge is 0.508 e. The number of allylic oxidation sites excluding steroid dienone is 1. The summed E-state index contributed by atoms with van der Waals surface area (Å²) >= 11 is 0. The maximum atomic E-state index is 10.1. The fourth-order valence-electron chi connectivity index (χ4n) is 4.89. The van der Waals surface area contributed by atoms with E-state index in [1.807, 2.05) is 24.3 Å². The molecule has 0 bridgehead atoms. The molecule has 1 atom stereocenters. The van der Waals surface area contributed by atoms with Gasteiger partial charge < -0.3 is 9.84 Å². The Kier molecular flexibility index (Phi) is 5.19. The molecule has 0 spiro atoms. The zero-order valence-electron chi connectivity index (χ0n) is 18.3. The molecule has 4 rings (SSSR count). The van der Waals surface area contributed by atoms with Gasteiger partial charge in [-0.1, -0.05) is 70.2 Å². The monoisotopic (exact) mass is 398 g/mol. The quantitative estimate of drug-likeness (QED) is 0.455. The van der Waals surface area contributed by atoms with Crippen molar-refractivity contribution in [1.29, 1.82) is 0 Å². The minimum atomic E-state index is -0.112. The SMILES string of the molecule is CC/C=C/Oc1ccc(-c2ccc(C3(C)CC(C)(C)c4ccc(O)cc43)cc2)cc1. The molecule has 0 aliphatic heterocycles. The lowest BCUT2D eigenvalue weighted by Crippen LogP contribution is -2.23. The van der Waals surface area contributed by atoms with Crippen molar-refractivity contribution in [3.05, 3.63) is 95.8 Å². The second-order valence-electron chi connectivity index (χ2n) is 9.12. The first-order chi connectivity index (χ1) is 14.3. The third kappa shape index (κ3) is 3.63. The summed E-state index contributed by atoms with van der Waals surface area (Å²) < 4.78 is 5.60. The Bertz CT molecular complexity index is 1060. The molecule has 0 saturated carbocycles. The zero-order chi connectivity index (χ0) is 21.4. The Morgan fingerprint density at radius 2 is 1.50 bits per heavy atom. The van der Waals surface area contributed by atoms with E-state index in [1.165, 1.54) is 27.8 Å². The van der Waals surface area contributed by atoms with E-state index in [9.17, 15) is 5.11 Å². The van der Waals surface area contributed by atoms with Crippen molar-refractivity contribution < 1.29 is 9.84 Å². The van der Waals surface area contributed by atoms with E-state index in [2.05, 4.69) is 70.2 Å². The first-order valence-electron chi connectivity index (χ1n) is 10.7. The van der Waals surface area contributed by atoms with Crippen molar-refractivity contribution in [2.75, 3.05) is 0 Å². The molecular weight excluding hydrogens is 368 g/mol. The lowest BCUT2D eigenvalue weighted by molar-refractivity contribution is 0.424. The number of rotatable bonds is 5. The van der Waals surface area contributed by atoms with Gasteiger partial charge in [0, 0.05) is 5.41 Å². The summed E-state index contributed by atoms with van der Waals surface area (Å²) in [6, 6.07) is 22.9. The molecular formula is C28H30O2. The van der Waals surface area contributed by atoms with Crippen LogP contribution in [0.15, 0.2) is 79.1 Å². The molecule has 0 amide bonds. The smallest absolute Gasteiger partial charge is 0.126 e. The molecule has 3 aromatic carbocycles. The van der Waals surface area contributed by atoms with Crippen LogP contribution in [0.25, 0.3) is 11.1 Å². The van der Waals surface area contributed by atoms with Crippen LogP contribution in [0.3, 0.4) is 0 Å². The highest BCUT2D eigenvalue weighted by atomic mass is 16.5. The van der Waals surface area contributed by atoms with Crippen molar-refractivity contribution in [3.63, 3.8) is 0 Å². The third-order valence-electron chi connectivity index (χ3n) is 6.37. The molecule has 1 aliphatic carbocycles. The summed E-state index contributed by atoms with van der Waals surface area (Å²) in [5, 5.41) is 10.1. The third-order valence-corrected chi connectivity index (χ3v) is 6.37. The average molecular weight is 399 g/mol. The highest BCUT2D eigenvalue weighted by Gasteiger charge is 2.45. The summed E-state index contributed by atoms with van der Waals surface area (Å²) in [7, 11) is 0. The van der Waals surface area contributed by atoms with Crippen LogP contribution in [0.4, 0.5) is 0 Å². The number of hydrogen-bond acceptors (Lipinski definition) is 2. The maximum Gasteiger partial charge on any atom is 0.126 e. The molecule has 1 N–H and O–H groups in total. The van der Waals surface area contributed by atoms with E-state index in [0.717, 1.165) is 18.6 Å². The van der Waals surface area contributed by atoms with Gasteiger partial charge in [-0.3, -0.25) is 0 Å². The number of aromatic hydroxyl groups is 1. The van der Waals surface area contributed by atoms with Crippen LogP contribution in [-0.4, -0.2) is 5.11 Å². The summed E-state index contributed by atoms with van der Waals surface area (Å²) in [5.74, 6) is 1.18. The summed E-state index contributed by atoms with van der Waals surface area (Å²) in [5.41, 5.74) is 6.18. The van der Waals surface area contributed by atoms with Crippen molar-refractivity contribution >= 4 is 0 Å². The molecule has 1 unspecified atom stereocenters. The molecule has 2 heteroatoms. The second kappa shape index (κ2) is 7.68. The number of phenols is 1. The van der Waals surface area contributed by atoms with Crippen molar-refractivity contribution in [2.45, 2.75) is 51.4 Å². The summed E-state index contributed by atoms with van der Waals surface area (Å²) in [6.45, 7) is 8.97. The van der Waals surface area contributed by atoms with Gasteiger partial charge in [0.25, 0.3) is 0 Å². The van der Waals surface area contributed by atoms with E-state index in [-0.39, 0.29) is 10.8 Å². The van der Waals surface area contributed by atoms with Crippen LogP contribution < -0.4 is 4.74 Å². The normalized spacial score (nSPS) is 19.7. The van der Waals surface area contributed by atoms with Gasteiger partial charge in [-0.2, -0.15) is 0 Å². The highest BCUT2D eigenvalue weighted by molar-refractivity contribution is 5.65. The van der Waals surface area contributed by atoms with E-state index in [1.54, 1.807) is 12.3 Å². The van der Waals surface area contributed by atoms with Crippen LogP contribution in [0.1, 0.15) is 57.2 Å². The van der Waals surface area contributed by atoms with Gasteiger partial charge in [-0.15, -0.1) is 0 Å². The van der Waals surface area contributed by atoms with Crippen LogP contribution in [0.2, 0.25) is 0 Å². The van der Waals surface area contributed by atoms with Crippen molar-refractivity contribution in [2.24, 2.45) is 0 Å². The summed E-state index contributed by atoms with van der Waals surface area (Å²) in [6.07, 6.45) is 5.72. The van der Waals surface area contributed by atoms with Crippen LogP contribution in [0.5, 0.6) is 11.5 Å². The van der Waals surface area contributed by atoms with Crippen molar-refractivity contribution in [3.8, 4) is 22.6 Å². The van der Waals surface area contributed by atoms with E-state index >= 15 is 0 Å². The van der Waals surface area contributed by atoms with Crippen LogP contribution in [-0.2, 0) is 10.8 Å². The number of fused-ring (bicyclic) bond motifs is 1.